The van der Waals surface area contributed by atoms with Crippen LogP contribution in [0.1, 0.15) is 35.6 Å². The highest BCUT2D eigenvalue weighted by atomic mass is 19.1. The van der Waals surface area contributed by atoms with Gasteiger partial charge in [0.25, 0.3) is 0 Å². The minimum atomic E-state index is -0.191. The van der Waals surface area contributed by atoms with Crippen molar-refractivity contribution in [2.75, 3.05) is 0 Å². The number of aliphatic hydroxyl groups is 1. The van der Waals surface area contributed by atoms with Crippen LogP contribution in [0.3, 0.4) is 0 Å². The standard InChI is InChI=1S/C18H20FNO/c19-17-8-6-16(7-9-17)18(15-4-5-15)20-11-13-2-1-3-14(10-13)12-21/h1-3,6-10,15,18,20-21H,4-5,11-12H2. The summed E-state index contributed by atoms with van der Waals surface area (Å²) in [6, 6.07) is 15.0. The molecule has 0 radical (unpaired) electrons. The number of hydrogen-bond acceptors (Lipinski definition) is 2. The maximum Gasteiger partial charge on any atom is 0.123 e. The van der Waals surface area contributed by atoms with Crippen molar-refractivity contribution in [1.82, 2.24) is 5.32 Å². The molecule has 1 aliphatic rings. The zero-order chi connectivity index (χ0) is 14.7. The number of aliphatic hydroxyl groups excluding tert-OH is 1. The van der Waals surface area contributed by atoms with Crippen molar-refractivity contribution in [3.8, 4) is 0 Å². The summed E-state index contributed by atoms with van der Waals surface area (Å²) in [5, 5.41) is 12.8. The Hall–Kier alpha value is -1.71. The lowest BCUT2D eigenvalue weighted by molar-refractivity contribution is 0.281. The molecule has 0 spiro atoms. The number of halogens is 1. The lowest BCUT2D eigenvalue weighted by atomic mass is 10.0. The molecule has 1 unspecified atom stereocenters. The molecule has 1 aliphatic carbocycles. The van der Waals surface area contributed by atoms with Gasteiger partial charge in [0.15, 0.2) is 0 Å². The summed E-state index contributed by atoms with van der Waals surface area (Å²) in [5.74, 6) is 0.459. The molecule has 3 rings (SSSR count). The van der Waals surface area contributed by atoms with Crippen LogP contribution in [-0.2, 0) is 13.2 Å². The molecular weight excluding hydrogens is 265 g/mol. The van der Waals surface area contributed by atoms with Crippen molar-refractivity contribution >= 4 is 0 Å². The van der Waals surface area contributed by atoms with E-state index in [9.17, 15) is 9.50 Å². The molecule has 2 nitrogen and oxygen atoms in total. The first-order chi connectivity index (χ1) is 10.3. The van der Waals surface area contributed by atoms with Crippen LogP contribution in [0.5, 0.6) is 0 Å². The Balaban J connectivity index is 1.69. The van der Waals surface area contributed by atoms with Crippen LogP contribution in [-0.4, -0.2) is 5.11 Å². The summed E-state index contributed by atoms with van der Waals surface area (Å²) in [4.78, 5) is 0. The van der Waals surface area contributed by atoms with E-state index in [1.54, 1.807) is 0 Å². The van der Waals surface area contributed by atoms with Gasteiger partial charge < -0.3 is 10.4 Å². The van der Waals surface area contributed by atoms with E-state index in [2.05, 4.69) is 11.4 Å². The highest BCUT2D eigenvalue weighted by Crippen LogP contribution is 2.41. The summed E-state index contributed by atoms with van der Waals surface area (Å²) in [7, 11) is 0. The van der Waals surface area contributed by atoms with Crippen molar-refractivity contribution in [2.24, 2.45) is 5.92 Å². The number of benzene rings is 2. The highest BCUT2D eigenvalue weighted by Gasteiger charge is 2.31. The van der Waals surface area contributed by atoms with Crippen LogP contribution in [0, 0.1) is 11.7 Å². The fourth-order valence-electron chi connectivity index (χ4n) is 2.72. The van der Waals surface area contributed by atoms with E-state index in [0.717, 1.165) is 23.2 Å². The second-order valence-corrected chi connectivity index (χ2v) is 5.73. The van der Waals surface area contributed by atoms with Gasteiger partial charge in [-0.05, 0) is 47.6 Å². The molecule has 2 N–H and O–H groups in total. The van der Waals surface area contributed by atoms with Gasteiger partial charge in [0.1, 0.15) is 5.82 Å². The molecule has 1 fully saturated rings. The summed E-state index contributed by atoms with van der Waals surface area (Å²) < 4.78 is 13.1. The molecule has 3 heteroatoms. The zero-order valence-electron chi connectivity index (χ0n) is 11.9. The molecule has 2 aromatic rings. The van der Waals surface area contributed by atoms with Crippen molar-refractivity contribution in [2.45, 2.75) is 32.0 Å². The van der Waals surface area contributed by atoms with Crippen molar-refractivity contribution in [3.05, 3.63) is 71.0 Å². The van der Waals surface area contributed by atoms with Gasteiger partial charge >= 0.3 is 0 Å². The van der Waals surface area contributed by atoms with Crippen LogP contribution >= 0.6 is 0 Å². The average molecular weight is 285 g/mol. The second-order valence-electron chi connectivity index (χ2n) is 5.73. The van der Waals surface area contributed by atoms with Crippen LogP contribution in [0.2, 0.25) is 0 Å². The summed E-state index contributed by atoms with van der Waals surface area (Å²) in [5.41, 5.74) is 3.24. The molecule has 0 bridgehead atoms. The maximum absolute atomic E-state index is 13.1. The van der Waals surface area contributed by atoms with E-state index in [1.807, 2.05) is 30.3 Å². The number of hydrogen-bond donors (Lipinski definition) is 2. The fourth-order valence-corrected chi connectivity index (χ4v) is 2.72. The molecule has 1 atom stereocenters. The van der Waals surface area contributed by atoms with Gasteiger partial charge in [-0.25, -0.2) is 4.39 Å². The lowest BCUT2D eigenvalue weighted by Gasteiger charge is -2.19. The molecular formula is C18H20FNO. The number of rotatable bonds is 6. The molecule has 1 saturated carbocycles. The lowest BCUT2D eigenvalue weighted by Crippen LogP contribution is -2.22. The van der Waals surface area contributed by atoms with E-state index in [1.165, 1.54) is 25.0 Å². The largest absolute Gasteiger partial charge is 0.392 e. The van der Waals surface area contributed by atoms with Gasteiger partial charge in [-0.15, -0.1) is 0 Å². The fraction of sp³-hybridized carbons (Fsp3) is 0.333. The molecule has 0 saturated heterocycles. The highest BCUT2D eigenvalue weighted by molar-refractivity contribution is 5.25. The van der Waals surface area contributed by atoms with E-state index in [0.29, 0.717) is 5.92 Å². The van der Waals surface area contributed by atoms with Gasteiger partial charge in [0.2, 0.25) is 0 Å². The minimum Gasteiger partial charge on any atom is -0.392 e. The Morgan fingerprint density at radius 1 is 1.10 bits per heavy atom. The first-order valence-electron chi connectivity index (χ1n) is 7.44. The van der Waals surface area contributed by atoms with Gasteiger partial charge in [-0.2, -0.15) is 0 Å². The SMILES string of the molecule is OCc1cccc(CNC(c2ccc(F)cc2)C2CC2)c1. The predicted octanol–water partition coefficient (Wildman–Crippen LogP) is 3.56. The molecule has 2 aromatic carbocycles. The smallest absolute Gasteiger partial charge is 0.123 e. The summed E-state index contributed by atoms with van der Waals surface area (Å²) in [6.45, 7) is 0.824. The van der Waals surface area contributed by atoms with Gasteiger partial charge in [-0.1, -0.05) is 36.4 Å². The Labute approximate surface area is 124 Å². The third kappa shape index (κ3) is 3.69. The van der Waals surface area contributed by atoms with Gasteiger partial charge in [-0.3, -0.25) is 0 Å². The first kappa shape index (κ1) is 14.2. The third-order valence-electron chi connectivity index (χ3n) is 4.02. The average Bonchev–Trinajstić information content (AvgIpc) is 3.34. The summed E-state index contributed by atoms with van der Waals surface area (Å²) >= 11 is 0. The van der Waals surface area contributed by atoms with E-state index in [-0.39, 0.29) is 18.5 Å². The second kappa shape index (κ2) is 6.37. The molecule has 21 heavy (non-hydrogen) atoms. The third-order valence-corrected chi connectivity index (χ3v) is 4.02. The number of nitrogens with one attached hydrogen (secondary N) is 1. The van der Waals surface area contributed by atoms with Crippen molar-refractivity contribution in [1.29, 1.82) is 0 Å². The monoisotopic (exact) mass is 285 g/mol. The Morgan fingerprint density at radius 2 is 1.81 bits per heavy atom. The zero-order valence-corrected chi connectivity index (χ0v) is 11.9. The van der Waals surface area contributed by atoms with E-state index in [4.69, 9.17) is 0 Å². The van der Waals surface area contributed by atoms with E-state index >= 15 is 0 Å². The minimum absolute atomic E-state index is 0.0673. The van der Waals surface area contributed by atoms with Crippen LogP contribution in [0.25, 0.3) is 0 Å². The Kier molecular flexibility index (Phi) is 4.32. The summed E-state index contributed by atoms with van der Waals surface area (Å²) in [6.07, 6.45) is 2.46. The van der Waals surface area contributed by atoms with Crippen molar-refractivity contribution in [3.63, 3.8) is 0 Å². The van der Waals surface area contributed by atoms with Crippen LogP contribution in [0.4, 0.5) is 4.39 Å². The topological polar surface area (TPSA) is 32.3 Å². The van der Waals surface area contributed by atoms with Crippen LogP contribution < -0.4 is 5.32 Å². The molecule has 0 heterocycles. The maximum atomic E-state index is 13.1. The van der Waals surface area contributed by atoms with Gasteiger partial charge in [0.05, 0.1) is 6.61 Å². The Bertz CT molecular complexity index is 592. The molecule has 0 aliphatic heterocycles. The predicted molar refractivity (Wildman–Crippen MR) is 81.1 cm³/mol. The molecule has 0 aromatic heterocycles. The molecule has 0 amide bonds. The normalized spacial score (nSPS) is 15.9. The first-order valence-corrected chi connectivity index (χ1v) is 7.44. The van der Waals surface area contributed by atoms with Crippen molar-refractivity contribution < 1.29 is 9.50 Å². The quantitative estimate of drug-likeness (QED) is 0.850. The van der Waals surface area contributed by atoms with Gasteiger partial charge in [0, 0.05) is 12.6 Å². The van der Waals surface area contributed by atoms with Crippen LogP contribution in [0.15, 0.2) is 48.5 Å². The Morgan fingerprint density at radius 3 is 2.48 bits per heavy atom. The van der Waals surface area contributed by atoms with E-state index < -0.39 is 0 Å². The molecule has 110 valence electrons.